The monoisotopic (exact) mass is 206 g/mol. The van der Waals surface area contributed by atoms with Crippen LogP contribution in [0.25, 0.3) is 11.3 Å². The number of thiophene rings is 1. The Morgan fingerprint density at radius 3 is 2.86 bits per heavy atom. The second kappa shape index (κ2) is 3.38. The molecule has 0 aliphatic heterocycles. The maximum atomic E-state index is 11.5. The summed E-state index contributed by atoms with van der Waals surface area (Å²) in [5, 5.41) is 3.97. The van der Waals surface area contributed by atoms with E-state index in [2.05, 4.69) is 9.97 Å². The van der Waals surface area contributed by atoms with Crippen molar-refractivity contribution in [2.45, 2.75) is 13.8 Å². The van der Waals surface area contributed by atoms with Gasteiger partial charge in [-0.2, -0.15) is 11.3 Å². The molecule has 0 atom stereocenters. The normalized spacial score (nSPS) is 10.4. The topological polar surface area (TPSA) is 45.8 Å². The Morgan fingerprint density at radius 2 is 2.21 bits per heavy atom. The molecule has 14 heavy (non-hydrogen) atoms. The summed E-state index contributed by atoms with van der Waals surface area (Å²) in [4.78, 5) is 18.5. The Balaban J connectivity index is 2.70. The fourth-order valence-corrected chi connectivity index (χ4v) is 1.97. The van der Waals surface area contributed by atoms with Gasteiger partial charge in [-0.15, -0.1) is 0 Å². The van der Waals surface area contributed by atoms with Gasteiger partial charge >= 0.3 is 0 Å². The van der Waals surface area contributed by atoms with Crippen molar-refractivity contribution in [3.8, 4) is 11.3 Å². The van der Waals surface area contributed by atoms with Crippen LogP contribution in [-0.4, -0.2) is 9.97 Å². The van der Waals surface area contributed by atoms with Crippen molar-refractivity contribution >= 4 is 11.3 Å². The SMILES string of the molecule is Cc1nc(-c2ccsc2)c(C)c(=O)[nH]1. The first-order valence-electron chi connectivity index (χ1n) is 4.28. The minimum atomic E-state index is -0.0568. The molecule has 0 saturated heterocycles. The van der Waals surface area contributed by atoms with Gasteiger partial charge in [0.2, 0.25) is 0 Å². The predicted molar refractivity (Wildman–Crippen MR) is 57.6 cm³/mol. The van der Waals surface area contributed by atoms with Crippen LogP contribution in [0.4, 0.5) is 0 Å². The van der Waals surface area contributed by atoms with Crippen molar-refractivity contribution in [2.75, 3.05) is 0 Å². The standard InChI is InChI=1S/C10H10N2OS/c1-6-9(8-3-4-14-5-8)11-7(2)12-10(6)13/h3-5H,1-2H3,(H,11,12,13). The van der Waals surface area contributed by atoms with E-state index in [1.54, 1.807) is 25.2 Å². The van der Waals surface area contributed by atoms with Gasteiger partial charge in [-0.05, 0) is 25.3 Å². The molecular formula is C10H10N2OS. The Labute approximate surface area is 85.5 Å². The summed E-state index contributed by atoms with van der Waals surface area (Å²) >= 11 is 1.60. The molecule has 2 aromatic heterocycles. The van der Waals surface area contributed by atoms with E-state index in [1.165, 1.54) is 0 Å². The van der Waals surface area contributed by atoms with E-state index in [4.69, 9.17) is 0 Å². The molecule has 4 heteroatoms. The van der Waals surface area contributed by atoms with Crippen LogP contribution in [-0.2, 0) is 0 Å². The van der Waals surface area contributed by atoms with Crippen molar-refractivity contribution in [1.29, 1.82) is 0 Å². The lowest BCUT2D eigenvalue weighted by Crippen LogP contribution is -2.14. The number of H-pyrrole nitrogens is 1. The molecule has 0 bridgehead atoms. The number of aromatic amines is 1. The molecule has 2 aromatic rings. The van der Waals surface area contributed by atoms with Crippen LogP contribution in [0.15, 0.2) is 21.6 Å². The molecule has 2 heterocycles. The molecule has 1 N–H and O–H groups in total. The Kier molecular flexibility index (Phi) is 2.21. The lowest BCUT2D eigenvalue weighted by molar-refractivity contribution is 1.00. The summed E-state index contributed by atoms with van der Waals surface area (Å²) in [5.41, 5.74) is 2.42. The molecule has 2 rings (SSSR count). The van der Waals surface area contributed by atoms with Crippen LogP contribution in [0.3, 0.4) is 0 Å². The van der Waals surface area contributed by atoms with E-state index in [9.17, 15) is 4.79 Å². The van der Waals surface area contributed by atoms with Crippen molar-refractivity contribution in [3.05, 3.63) is 38.6 Å². The highest BCUT2D eigenvalue weighted by atomic mass is 32.1. The van der Waals surface area contributed by atoms with E-state index in [-0.39, 0.29) is 5.56 Å². The van der Waals surface area contributed by atoms with Gasteiger partial charge in [-0.1, -0.05) is 0 Å². The van der Waals surface area contributed by atoms with Gasteiger partial charge in [-0.3, -0.25) is 4.79 Å². The zero-order valence-electron chi connectivity index (χ0n) is 8.00. The lowest BCUT2D eigenvalue weighted by Gasteiger charge is -2.02. The lowest BCUT2D eigenvalue weighted by atomic mass is 10.1. The van der Waals surface area contributed by atoms with E-state index >= 15 is 0 Å². The second-order valence-corrected chi connectivity index (χ2v) is 3.92. The average molecular weight is 206 g/mol. The molecule has 0 fully saturated rings. The molecule has 0 amide bonds. The molecular weight excluding hydrogens is 196 g/mol. The number of hydrogen-bond acceptors (Lipinski definition) is 3. The van der Waals surface area contributed by atoms with Crippen molar-refractivity contribution in [1.82, 2.24) is 9.97 Å². The fourth-order valence-electron chi connectivity index (χ4n) is 1.33. The second-order valence-electron chi connectivity index (χ2n) is 3.14. The van der Waals surface area contributed by atoms with Gasteiger partial charge in [-0.25, -0.2) is 4.98 Å². The van der Waals surface area contributed by atoms with Crippen molar-refractivity contribution in [3.63, 3.8) is 0 Å². The first-order valence-corrected chi connectivity index (χ1v) is 5.23. The number of nitrogens with zero attached hydrogens (tertiary/aromatic N) is 1. The van der Waals surface area contributed by atoms with E-state index in [0.29, 0.717) is 11.4 Å². The summed E-state index contributed by atoms with van der Waals surface area (Å²) in [6.07, 6.45) is 0. The Hall–Kier alpha value is -1.42. The number of aryl methyl sites for hydroxylation is 1. The van der Waals surface area contributed by atoms with E-state index < -0.39 is 0 Å². The summed E-state index contributed by atoms with van der Waals surface area (Å²) in [6.45, 7) is 3.58. The molecule has 0 saturated carbocycles. The maximum Gasteiger partial charge on any atom is 0.254 e. The quantitative estimate of drug-likeness (QED) is 0.776. The third-order valence-corrected chi connectivity index (χ3v) is 2.75. The zero-order chi connectivity index (χ0) is 10.1. The van der Waals surface area contributed by atoms with Crippen molar-refractivity contribution < 1.29 is 0 Å². The highest BCUT2D eigenvalue weighted by Crippen LogP contribution is 2.21. The van der Waals surface area contributed by atoms with Crippen LogP contribution < -0.4 is 5.56 Å². The molecule has 72 valence electrons. The summed E-state index contributed by atoms with van der Waals surface area (Å²) < 4.78 is 0. The molecule has 3 nitrogen and oxygen atoms in total. The third-order valence-electron chi connectivity index (χ3n) is 2.06. The zero-order valence-corrected chi connectivity index (χ0v) is 8.81. The number of rotatable bonds is 1. The van der Waals surface area contributed by atoms with Crippen LogP contribution in [0.2, 0.25) is 0 Å². The van der Waals surface area contributed by atoms with Crippen LogP contribution >= 0.6 is 11.3 Å². The fraction of sp³-hybridized carbons (Fsp3) is 0.200. The van der Waals surface area contributed by atoms with Crippen LogP contribution in [0.1, 0.15) is 11.4 Å². The third kappa shape index (κ3) is 1.48. The van der Waals surface area contributed by atoms with Crippen LogP contribution in [0.5, 0.6) is 0 Å². The first-order chi connectivity index (χ1) is 6.68. The van der Waals surface area contributed by atoms with Gasteiger partial charge in [0.1, 0.15) is 5.82 Å². The highest BCUT2D eigenvalue weighted by Gasteiger charge is 2.07. The van der Waals surface area contributed by atoms with Crippen molar-refractivity contribution in [2.24, 2.45) is 0 Å². The number of aromatic nitrogens is 2. The average Bonchev–Trinajstić information content (AvgIpc) is 2.63. The summed E-state index contributed by atoms with van der Waals surface area (Å²) in [6, 6.07) is 1.97. The van der Waals surface area contributed by atoms with Gasteiger partial charge in [0, 0.05) is 16.5 Å². The summed E-state index contributed by atoms with van der Waals surface area (Å²) in [5.74, 6) is 0.654. The summed E-state index contributed by atoms with van der Waals surface area (Å²) in [7, 11) is 0. The Morgan fingerprint density at radius 1 is 1.43 bits per heavy atom. The van der Waals surface area contributed by atoms with Crippen LogP contribution in [0, 0.1) is 13.8 Å². The highest BCUT2D eigenvalue weighted by molar-refractivity contribution is 7.08. The van der Waals surface area contributed by atoms with E-state index in [1.807, 2.05) is 16.8 Å². The largest absolute Gasteiger partial charge is 0.311 e. The van der Waals surface area contributed by atoms with Gasteiger partial charge in [0.15, 0.2) is 0 Å². The molecule has 0 unspecified atom stereocenters. The van der Waals surface area contributed by atoms with Gasteiger partial charge in [0.05, 0.1) is 5.69 Å². The van der Waals surface area contributed by atoms with Gasteiger partial charge in [0.25, 0.3) is 5.56 Å². The van der Waals surface area contributed by atoms with Gasteiger partial charge < -0.3 is 4.98 Å². The van der Waals surface area contributed by atoms with E-state index in [0.717, 1.165) is 11.3 Å². The smallest absolute Gasteiger partial charge is 0.254 e. The number of hydrogen-bond donors (Lipinski definition) is 1. The molecule has 0 radical (unpaired) electrons. The minimum absolute atomic E-state index is 0.0568. The molecule has 0 aliphatic carbocycles. The Bertz CT molecular complexity index is 499. The predicted octanol–water partition coefficient (Wildman–Crippen LogP) is 2.12. The number of nitrogens with one attached hydrogen (secondary N) is 1. The molecule has 0 spiro atoms. The minimum Gasteiger partial charge on any atom is -0.311 e. The maximum absolute atomic E-state index is 11.5. The first kappa shape index (κ1) is 9.15. The molecule has 0 aliphatic rings. The molecule has 0 aromatic carbocycles.